The van der Waals surface area contributed by atoms with Gasteiger partial charge < -0.3 is 4.52 Å². The minimum Gasteiger partial charge on any atom is -0.338 e. The van der Waals surface area contributed by atoms with Gasteiger partial charge in [0.15, 0.2) is 5.82 Å². The molecular weight excluding hydrogens is 267 g/mol. The van der Waals surface area contributed by atoms with E-state index in [0.29, 0.717) is 11.2 Å². The Kier molecular flexibility index (Phi) is 3.03. The van der Waals surface area contributed by atoms with E-state index in [1.807, 2.05) is 18.2 Å². The molecule has 0 saturated carbocycles. The molecule has 3 nitrogen and oxygen atoms in total. The largest absolute Gasteiger partial charge is 0.338 e. The Hall–Kier alpha value is -0.610. The maximum Gasteiger partial charge on any atom is 0.237 e. The first-order valence-electron chi connectivity index (χ1n) is 4.22. The molecule has 0 radical (unpaired) electrons. The molecule has 5 heteroatoms. The van der Waals surface area contributed by atoms with Gasteiger partial charge >= 0.3 is 0 Å². The number of hydrogen-bond donors (Lipinski definition) is 0. The van der Waals surface area contributed by atoms with Crippen LogP contribution in [0.3, 0.4) is 0 Å². The molecular formula is C9H8BrClN2O. The molecule has 0 bridgehead atoms. The summed E-state index contributed by atoms with van der Waals surface area (Å²) in [7, 11) is 0. The molecule has 2 rings (SSSR count). The highest BCUT2D eigenvalue weighted by Gasteiger charge is 2.16. The third-order valence-electron chi connectivity index (χ3n) is 1.98. The summed E-state index contributed by atoms with van der Waals surface area (Å²) in [5.74, 6) is 1.51. The fourth-order valence-electron chi connectivity index (χ4n) is 1.26. The molecule has 1 atom stereocenters. The first-order valence-corrected chi connectivity index (χ1v) is 5.72. The summed E-state index contributed by atoms with van der Waals surface area (Å²) < 4.78 is 5.00. The van der Waals surface area contributed by atoms with E-state index in [9.17, 15) is 0 Å². The van der Waals surface area contributed by atoms with Crippen LogP contribution in [0.15, 0.2) is 27.8 Å². The van der Waals surface area contributed by atoms with E-state index >= 15 is 0 Å². The number of halogens is 2. The highest BCUT2D eigenvalue weighted by Crippen LogP contribution is 2.26. The normalized spacial score (nSPS) is 21.0. The van der Waals surface area contributed by atoms with Gasteiger partial charge in [-0.1, -0.05) is 44.8 Å². The highest BCUT2D eigenvalue weighted by atomic mass is 79.9. The van der Waals surface area contributed by atoms with Crippen LogP contribution in [-0.2, 0) is 5.33 Å². The van der Waals surface area contributed by atoms with Crippen LogP contribution in [0.25, 0.3) is 0 Å². The molecule has 0 saturated heterocycles. The molecule has 0 aromatic carbocycles. The van der Waals surface area contributed by atoms with Crippen LogP contribution in [0, 0.1) is 0 Å². The van der Waals surface area contributed by atoms with E-state index < -0.39 is 0 Å². The summed E-state index contributed by atoms with van der Waals surface area (Å²) in [5.41, 5.74) is 0. The third kappa shape index (κ3) is 2.07. The lowest BCUT2D eigenvalue weighted by Crippen LogP contribution is -1.99. The van der Waals surface area contributed by atoms with Crippen molar-refractivity contribution in [1.82, 2.24) is 10.1 Å². The van der Waals surface area contributed by atoms with Crippen LogP contribution in [0.2, 0.25) is 0 Å². The molecule has 74 valence electrons. The van der Waals surface area contributed by atoms with Gasteiger partial charge in [0.1, 0.15) is 0 Å². The van der Waals surface area contributed by atoms with Crippen LogP contribution in [-0.4, -0.2) is 10.1 Å². The van der Waals surface area contributed by atoms with E-state index in [1.54, 1.807) is 0 Å². The second-order valence-electron chi connectivity index (χ2n) is 2.97. The number of rotatable bonds is 2. The standard InChI is InChI=1S/C9H8BrClN2O/c10-5-8-12-9(13-14-8)6-1-3-7(11)4-2-6/h1,3-4,6H,2,5H2. The number of hydrogen-bond acceptors (Lipinski definition) is 3. The summed E-state index contributed by atoms with van der Waals surface area (Å²) in [6.07, 6.45) is 6.64. The summed E-state index contributed by atoms with van der Waals surface area (Å²) >= 11 is 9.06. The monoisotopic (exact) mass is 274 g/mol. The molecule has 0 spiro atoms. The molecule has 0 N–H and O–H groups in total. The Bertz CT molecular complexity index is 386. The smallest absolute Gasteiger partial charge is 0.237 e. The van der Waals surface area contributed by atoms with E-state index in [1.165, 1.54) is 0 Å². The predicted molar refractivity (Wildman–Crippen MR) is 57.4 cm³/mol. The molecule has 1 aliphatic carbocycles. The molecule has 0 fully saturated rings. The van der Waals surface area contributed by atoms with Gasteiger partial charge in [-0.2, -0.15) is 4.98 Å². The average molecular weight is 276 g/mol. The Balaban J connectivity index is 2.13. The summed E-state index contributed by atoms with van der Waals surface area (Å²) in [5, 5.41) is 5.26. The average Bonchev–Trinajstić information content (AvgIpc) is 2.67. The molecule has 14 heavy (non-hydrogen) atoms. The van der Waals surface area contributed by atoms with Crippen molar-refractivity contribution in [3.05, 3.63) is 35.0 Å². The lowest BCUT2D eigenvalue weighted by molar-refractivity contribution is 0.384. The van der Waals surface area contributed by atoms with Crippen molar-refractivity contribution < 1.29 is 4.52 Å². The van der Waals surface area contributed by atoms with Crippen molar-refractivity contribution in [3.63, 3.8) is 0 Å². The number of aromatic nitrogens is 2. The van der Waals surface area contributed by atoms with Crippen molar-refractivity contribution in [3.8, 4) is 0 Å². The van der Waals surface area contributed by atoms with Gasteiger partial charge in [-0.15, -0.1) is 0 Å². The number of nitrogens with zero attached hydrogens (tertiary/aromatic N) is 2. The fraction of sp³-hybridized carbons (Fsp3) is 0.333. The van der Waals surface area contributed by atoms with Gasteiger partial charge in [0.25, 0.3) is 0 Å². The zero-order chi connectivity index (χ0) is 9.97. The number of alkyl halides is 1. The number of allylic oxidation sites excluding steroid dienone is 4. The van der Waals surface area contributed by atoms with Crippen molar-refractivity contribution >= 4 is 27.5 Å². The van der Waals surface area contributed by atoms with Gasteiger partial charge in [0, 0.05) is 11.0 Å². The highest BCUT2D eigenvalue weighted by molar-refractivity contribution is 9.08. The molecule has 0 aliphatic heterocycles. The van der Waals surface area contributed by atoms with Crippen molar-refractivity contribution in [2.75, 3.05) is 0 Å². The third-order valence-corrected chi connectivity index (χ3v) is 2.74. The molecule has 0 amide bonds. The van der Waals surface area contributed by atoms with Gasteiger partial charge in [-0.25, -0.2) is 0 Å². The molecule has 1 aromatic rings. The maximum atomic E-state index is 5.80. The zero-order valence-electron chi connectivity index (χ0n) is 7.28. The van der Waals surface area contributed by atoms with E-state index in [2.05, 4.69) is 26.1 Å². The second-order valence-corrected chi connectivity index (χ2v) is 3.97. The topological polar surface area (TPSA) is 38.9 Å². The molecule has 1 aromatic heterocycles. The Labute approximate surface area is 95.0 Å². The van der Waals surface area contributed by atoms with E-state index in [0.717, 1.165) is 17.3 Å². The molecule has 1 aliphatic rings. The first-order chi connectivity index (χ1) is 6.79. The van der Waals surface area contributed by atoms with Gasteiger partial charge in [-0.3, -0.25) is 0 Å². The minimum absolute atomic E-state index is 0.189. The van der Waals surface area contributed by atoms with Gasteiger partial charge in [0.05, 0.1) is 5.33 Å². The van der Waals surface area contributed by atoms with Crippen LogP contribution in [0.4, 0.5) is 0 Å². The Morgan fingerprint density at radius 3 is 3.07 bits per heavy atom. The molecule has 1 heterocycles. The predicted octanol–water partition coefficient (Wildman–Crippen LogP) is 3.13. The summed E-state index contributed by atoms with van der Waals surface area (Å²) in [4.78, 5) is 4.23. The van der Waals surface area contributed by atoms with Crippen molar-refractivity contribution in [2.24, 2.45) is 0 Å². The van der Waals surface area contributed by atoms with Crippen LogP contribution >= 0.6 is 27.5 Å². The Morgan fingerprint density at radius 1 is 1.64 bits per heavy atom. The summed E-state index contributed by atoms with van der Waals surface area (Å²) in [6, 6.07) is 0. The quantitative estimate of drug-likeness (QED) is 0.778. The van der Waals surface area contributed by atoms with E-state index in [4.69, 9.17) is 16.1 Å². The summed E-state index contributed by atoms with van der Waals surface area (Å²) in [6.45, 7) is 0. The first kappa shape index (κ1) is 9.93. The molecule has 1 unspecified atom stereocenters. The van der Waals surface area contributed by atoms with Gasteiger partial charge in [-0.05, 0) is 12.5 Å². The zero-order valence-corrected chi connectivity index (χ0v) is 9.62. The van der Waals surface area contributed by atoms with Crippen LogP contribution in [0.5, 0.6) is 0 Å². The van der Waals surface area contributed by atoms with Crippen molar-refractivity contribution in [2.45, 2.75) is 17.7 Å². The SMILES string of the molecule is ClC1=CCC(c2noc(CBr)n2)C=C1. The minimum atomic E-state index is 0.189. The van der Waals surface area contributed by atoms with Crippen molar-refractivity contribution in [1.29, 1.82) is 0 Å². The lowest BCUT2D eigenvalue weighted by Gasteiger charge is -2.08. The van der Waals surface area contributed by atoms with Crippen LogP contribution in [0.1, 0.15) is 24.1 Å². The Morgan fingerprint density at radius 2 is 2.50 bits per heavy atom. The second kappa shape index (κ2) is 4.28. The lowest BCUT2D eigenvalue weighted by atomic mass is 10.0. The van der Waals surface area contributed by atoms with Crippen LogP contribution < -0.4 is 0 Å². The van der Waals surface area contributed by atoms with E-state index in [-0.39, 0.29) is 5.92 Å². The van der Waals surface area contributed by atoms with Gasteiger partial charge in [0.2, 0.25) is 5.89 Å². The fourth-order valence-corrected chi connectivity index (χ4v) is 1.65. The maximum absolute atomic E-state index is 5.80.